The van der Waals surface area contributed by atoms with Crippen LogP contribution in [0.4, 0.5) is 0 Å². The Balaban J connectivity index is 4.61. The molecule has 0 saturated carbocycles. The Hall–Kier alpha value is -0.410. The highest BCUT2D eigenvalue weighted by Gasteiger charge is 2.20. The maximum atomic E-state index is 10.2. The van der Waals surface area contributed by atoms with Gasteiger partial charge in [-0.3, -0.25) is 0 Å². The Labute approximate surface area is 88.2 Å². The molecule has 3 heteroatoms. The molecule has 0 aliphatic rings. The molecule has 0 aliphatic heterocycles. The number of aldehydes is 1. The van der Waals surface area contributed by atoms with E-state index in [9.17, 15) is 4.79 Å². The van der Waals surface area contributed by atoms with Crippen LogP contribution in [0.25, 0.3) is 0 Å². The van der Waals surface area contributed by atoms with Gasteiger partial charge in [-0.2, -0.15) is 0 Å². The van der Waals surface area contributed by atoms with Gasteiger partial charge in [-0.05, 0) is 26.3 Å². The van der Waals surface area contributed by atoms with Gasteiger partial charge in [-0.1, -0.05) is 28.6 Å². The molecule has 0 bridgehead atoms. The lowest BCUT2D eigenvalue weighted by molar-refractivity contribution is -0.107. The predicted octanol–water partition coefficient (Wildman–Crippen LogP) is 2.41. The Morgan fingerprint density at radius 2 is 2.15 bits per heavy atom. The SMILES string of the molecule is C=C/C(Br)=C(\C)C(C)(C)NCC=O. The van der Waals surface area contributed by atoms with Gasteiger partial charge < -0.3 is 10.1 Å². The molecule has 0 amide bonds. The van der Waals surface area contributed by atoms with Crippen molar-refractivity contribution in [2.45, 2.75) is 26.3 Å². The van der Waals surface area contributed by atoms with E-state index in [-0.39, 0.29) is 5.54 Å². The number of carbonyl (C=O) groups excluding carboxylic acids is 1. The van der Waals surface area contributed by atoms with E-state index in [1.165, 1.54) is 0 Å². The van der Waals surface area contributed by atoms with Crippen LogP contribution < -0.4 is 5.32 Å². The number of nitrogens with one attached hydrogen (secondary N) is 1. The first-order chi connectivity index (χ1) is 5.95. The predicted molar refractivity (Wildman–Crippen MR) is 60.0 cm³/mol. The third-order valence-corrected chi connectivity index (χ3v) is 3.02. The minimum atomic E-state index is -0.187. The fourth-order valence-corrected chi connectivity index (χ4v) is 1.38. The van der Waals surface area contributed by atoms with Crippen molar-refractivity contribution < 1.29 is 4.79 Å². The van der Waals surface area contributed by atoms with Gasteiger partial charge in [-0.25, -0.2) is 0 Å². The smallest absolute Gasteiger partial charge is 0.133 e. The third-order valence-electron chi connectivity index (χ3n) is 2.10. The van der Waals surface area contributed by atoms with E-state index < -0.39 is 0 Å². The minimum absolute atomic E-state index is 0.187. The summed E-state index contributed by atoms with van der Waals surface area (Å²) in [5.74, 6) is 0. The van der Waals surface area contributed by atoms with E-state index >= 15 is 0 Å². The lowest BCUT2D eigenvalue weighted by Crippen LogP contribution is -2.41. The second-order valence-electron chi connectivity index (χ2n) is 3.35. The number of hydrogen-bond donors (Lipinski definition) is 1. The molecule has 2 nitrogen and oxygen atoms in total. The van der Waals surface area contributed by atoms with Crippen molar-refractivity contribution in [1.29, 1.82) is 0 Å². The van der Waals surface area contributed by atoms with Gasteiger partial charge in [0.25, 0.3) is 0 Å². The summed E-state index contributed by atoms with van der Waals surface area (Å²) < 4.78 is 0.968. The zero-order valence-electron chi connectivity index (χ0n) is 8.36. The number of hydrogen-bond acceptors (Lipinski definition) is 2. The first-order valence-corrected chi connectivity index (χ1v) is 4.93. The summed E-state index contributed by atoms with van der Waals surface area (Å²) in [7, 11) is 0. The molecule has 0 unspecified atom stereocenters. The monoisotopic (exact) mass is 245 g/mol. The Morgan fingerprint density at radius 3 is 2.54 bits per heavy atom. The normalized spacial score (nSPS) is 13.5. The Kier molecular flexibility index (Phi) is 5.18. The van der Waals surface area contributed by atoms with Gasteiger partial charge in [0.05, 0.1) is 6.54 Å². The quantitative estimate of drug-likeness (QED) is 0.596. The molecule has 0 aliphatic carbocycles. The van der Waals surface area contributed by atoms with Gasteiger partial charge in [0.15, 0.2) is 0 Å². The van der Waals surface area contributed by atoms with Crippen LogP contribution in [0.3, 0.4) is 0 Å². The first kappa shape index (κ1) is 12.6. The van der Waals surface area contributed by atoms with Crippen LogP contribution in [0.5, 0.6) is 0 Å². The highest BCUT2D eigenvalue weighted by molar-refractivity contribution is 9.11. The first-order valence-electron chi connectivity index (χ1n) is 4.13. The van der Waals surface area contributed by atoms with E-state index in [4.69, 9.17) is 0 Å². The van der Waals surface area contributed by atoms with Crippen molar-refractivity contribution >= 4 is 22.2 Å². The van der Waals surface area contributed by atoms with Crippen molar-refractivity contribution in [2.24, 2.45) is 0 Å². The fourth-order valence-electron chi connectivity index (χ4n) is 0.881. The molecule has 0 fully saturated rings. The number of allylic oxidation sites excluding steroid dienone is 2. The van der Waals surface area contributed by atoms with Crippen molar-refractivity contribution in [3.8, 4) is 0 Å². The van der Waals surface area contributed by atoms with E-state index in [0.717, 1.165) is 16.3 Å². The van der Waals surface area contributed by atoms with Crippen LogP contribution in [0.2, 0.25) is 0 Å². The maximum Gasteiger partial charge on any atom is 0.133 e. The van der Waals surface area contributed by atoms with Gasteiger partial charge in [0.2, 0.25) is 0 Å². The van der Waals surface area contributed by atoms with Crippen molar-refractivity contribution in [3.63, 3.8) is 0 Å². The van der Waals surface area contributed by atoms with Crippen LogP contribution in [-0.4, -0.2) is 18.4 Å². The molecule has 1 N–H and O–H groups in total. The summed E-state index contributed by atoms with van der Waals surface area (Å²) in [6, 6.07) is 0. The molecule has 0 spiro atoms. The number of rotatable bonds is 5. The topological polar surface area (TPSA) is 29.1 Å². The molecular formula is C10H16BrNO. The molecule has 0 radical (unpaired) electrons. The van der Waals surface area contributed by atoms with Crippen LogP contribution in [0.1, 0.15) is 20.8 Å². The minimum Gasteiger partial charge on any atom is -0.302 e. The molecule has 13 heavy (non-hydrogen) atoms. The molecule has 0 heterocycles. The van der Waals surface area contributed by atoms with Gasteiger partial charge in [0, 0.05) is 10.0 Å². The molecule has 0 rings (SSSR count). The lowest BCUT2D eigenvalue weighted by Gasteiger charge is -2.27. The fraction of sp³-hybridized carbons (Fsp3) is 0.500. The highest BCUT2D eigenvalue weighted by atomic mass is 79.9. The van der Waals surface area contributed by atoms with Crippen molar-refractivity contribution in [1.82, 2.24) is 5.32 Å². The number of halogens is 1. The Bertz CT molecular complexity index is 231. The zero-order chi connectivity index (χ0) is 10.5. The van der Waals surface area contributed by atoms with Crippen molar-refractivity contribution in [2.75, 3.05) is 6.54 Å². The van der Waals surface area contributed by atoms with Gasteiger partial charge in [-0.15, -0.1) is 0 Å². The summed E-state index contributed by atoms with van der Waals surface area (Å²) in [5.41, 5.74) is 0.942. The molecule has 0 saturated heterocycles. The molecule has 0 aromatic carbocycles. The van der Waals surface area contributed by atoms with Crippen molar-refractivity contribution in [3.05, 3.63) is 22.7 Å². The summed E-state index contributed by atoms with van der Waals surface area (Å²) >= 11 is 3.40. The summed E-state index contributed by atoms with van der Waals surface area (Å²) in [5, 5.41) is 3.12. The average Bonchev–Trinajstić information content (AvgIpc) is 2.12. The van der Waals surface area contributed by atoms with Crippen LogP contribution in [0.15, 0.2) is 22.7 Å². The zero-order valence-corrected chi connectivity index (χ0v) is 9.94. The van der Waals surface area contributed by atoms with E-state index in [2.05, 4.69) is 27.8 Å². The highest BCUT2D eigenvalue weighted by Crippen LogP contribution is 2.23. The van der Waals surface area contributed by atoms with Gasteiger partial charge >= 0.3 is 0 Å². The molecule has 0 aromatic heterocycles. The molecule has 0 atom stereocenters. The standard InChI is InChI=1S/C10H16BrNO/c1-5-9(11)8(2)10(3,4)12-6-7-13/h5,7,12H,1,6H2,2-4H3/b9-8-. The molecule has 0 aromatic rings. The van der Waals surface area contributed by atoms with Gasteiger partial charge in [0.1, 0.15) is 6.29 Å². The second-order valence-corrected chi connectivity index (χ2v) is 4.20. The largest absolute Gasteiger partial charge is 0.302 e. The second kappa shape index (κ2) is 5.35. The van der Waals surface area contributed by atoms with E-state index in [1.807, 2.05) is 20.8 Å². The lowest BCUT2D eigenvalue weighted by atomic mass is 9.95. The third kappa shape index (κ3) is 3.87. The average molecular weight is 246 g/mol. The summed E-state index contributed by atoms with van der Waals surface area (Å²) in [6.45, 7) is 10.1. The molecule has 74 valence electrons. The Morgan fingerprint density at radius 1 is 1.62 bits per heavy atom. The van der Waals surface area contributed by atoms with Crippen LogP contribution in [-0.2, 0) is 4.79 Å². The van der Waals surface area contributed by atoms with Crippen LogP contribution in [0, 0.1) is 0 Å². The van der Waals surface area contributed by atoms with Crippen LogP contribution >= 0.6 is 15.9 Å². The summed E-state index contributed by atoms with van der Waals surface area (Å²) in [6.07, 6.45) is 2.61. The summed E-state index contributed by atoms with van der Waals surface area (Å²) in [4.78, 5) is 10.2. The van der Waals surface area contributed by atoms with E-state index in [0.29, 0.717) is 6.54 Å². The van der Waals surface area contributed by atoms with E-state index in [1.54, 1.807) is 6.08 Å². The number of carbonyl (C=O) groups is 1. The maximum absolute atomic E-state index is 10.2. The molecular weight excluding hydrogens is 230 g/mol.